The average molecular weight is 326 g/mol. The number of benzene rings is 1. The van der Waals surface area contributed by atoms with Crippen LogP contribution in [0.15, 0.2) is 35.1 Å². The maximum absolute atomic E-state index is 11.8. The predicted octanol–water partition coefficient (Wildman–Crippen LogP) is 2.03. The summed E-state index contributed by atoms with van der Waals surface area (Å²) in [6.07, 6.45) is 1.25. The molecule has 10 heteroatoms. The summed E-state index contributed by atoms with van der Waals surface area (Å²) >= 11 is 5.64. The highest BCUT2D eigenvalue weighted by Crippen LogP contribution is 2.23. The van der Waals surface area contributed by atoms with Crippen LogP contribution in [0.4, 0.5) is 11.5 Å². The van der Waals surface area contributed by atoms with E-state index in [0.29, 0.717) is 0 Å². The number of anilines is 1. The topological polar surface area (TPSA) is 125 Å². The van der Waals surface area contributed by atoms with Gasteiger partial charge in [-0.25, -0.2) is 4.79 Å². The first-order valence-corrected chi connectivity index (χ1v) is 6.16. The fourth-order valence-electron chi connectivity index (χ4n) is 1.49. The quantitative estimate of drug-likeness (QED) is 0.506. The minimum Gasteiger partial charge on any atom is -0.452 e. The number of amides is 1. The first-order chi connectivity index (χ1) is 10.5. The van der Waals surface area contributed by atoms with Crippen LogP contribution >= 0.6 is 11.6 Å². The molecule has 0 saturated carbocycles. The van der Waals surface area contributed by atoms with Crippen LogP contribution in [0.5, 0.6) is 0 Å². The molecule has 1 aromatic heterocycles. The number of nitrogens with one attached hydrogen (secondary N) is 1. The highest BCUT2D eigenvalue weighted by atomic mass is 35.5. The molecule has 0 unspecified atom stereocenters. The Morgan fingerprint density at radius 3 is 2.82 bits per heavy atom. The van der Waals surface area contributed by atoms with Gasteiger partial charge in [-0.1, -0.05) is 16.8 Å². The van der Waals surface area contributed by atoms with E-state index >= 15 is 0 Å². The van der Waals surface area contributed by atoms with Crippen molar-refractivity contribution in [2.24, 2.45) is 0 Å². The summed E-state index contributed by atoms with van der Waals surface area (Å²) in [5.74, 6) is -1.53. The number of esters is 1. The molecule has 0 radical (unpaired) electrons. The van der Waals surface area contributed by atoms with Gasteiger partial charge in [0, 0.05) is 17.2 Å². The zero-order valence-corrected chi connectivity index (χ0v) is 11.6. The third-order valence-corrected chi connectivity index (χ3v) is 2.65. The Morgan fingerprint density at radius 1 is 1.41 bits per heavy atom. The summed E-state index contributed by atoms with van der Waals surface area (Å²) in [7, 11) is 0. The summed E-state index contributed by atoms with van der Waals surface area (Å²) in [6, 6.07) is 4.87. The van der Waals surface area contributed by atoms with E-state index in [4.69, 9.17) is 16.3 Å². The molecule has 0 spiro atoms. The molecule has 22 heavy (non-hydrogen) atoms. The van der Waals surface area contributed by atoms with Crippen LogP contribution in [-0.2, 0) is 9.53 Å². The molecular formula is C12H8ClN3O6. The van der Waals surface area contributed by atoms with Gasteiger partial charge in [0.15, 0.2) is 12.4 Å². The SMILES string of the molecule is O=C(COC(=O)c1ccc(Cl)cc1[N+](=O)[O-])Nc1ccon1. The van der Waals surface area contributed by atoms with Gasteiger partial charge in [0.05, 0.1) is 4.92 Å². The molecule has 0 fully saturated rings. The molecule has 0 aliphatic rings. The molecular weight excluding hydrogens is 318 g/mol. The van der Waals surface area contributed by atoms with Gasteiger partial charge in [-0.05, 0) is 12.1 Å². The van der Waals surface area contributed by atoms with Gasteiger partial charge in [0.1, 0.15) is 11.8 Å². The van der Waals surface area contributed by atoms with Gasteiger partial charge < -0.3 is 14.6 Å². The number of nitro benzene ring substituents is 1. The predicted molar refractivity (Wildman–Crippen MR) is 73.5 cm³/mol. The molecule has 0 saturated heterocycles. The molecule has 0 bridgehead atoms. The van der Waals surface area contributed by atoms with Crippen molar-refractivity contribution in [3.05, 3.63) is 51.2 Å². The van der Waals surface area contributed by atoms with Gasteiger partial charge in [0.2, 0.25) is 0 Å². The van der Waals surface area contributed by atoms with Crippen molar-refractivity contribution in [3.63, 3.8) is 0 Å². The summed E-state index contributed by atoms with van der Waals surface area (Å²) in [5, 5.41) is 16.7. The fraction of sp³-hybridized carbons (Fsp3) is 0.0833. The van der Waals surface area contributed by atoms with Crippen LogP contribution in [0.3, 0.4) is 0 Å². The van der Waals surface area contributed by atoms with E-state index in [1.54, 1.807) is 0 Å². The summed E-state index contributed by atoms with van der Waals surface area (Å²) < 4.78 is 9.22. The number of hydrogen-bond acceptors (Lipinski definition) is 7. The second kappa shape index (κ2) is 6.68. The number of aromatic nitrogens is 1. The van der Waals surface area contributed by atoms with Crippen molar-refractivity contribution < 1.29 is 23.8 Å². The zero-order valence-electron chi connectivity index (χ0n) is 10.8. The highest BCUT2D eigenvalue weighted by Gasteiger charge is 2.22. The lowest BCUT2D eigenvalue weighted by atomic mass is 10.2. The maximum atomic E-state index is 11.8. The lowest BCUT2D eigenvalue weighted by molar-refractivity contribution is -0.385. The van der Waals surface area contributed by atoms with E-state index in [-0.39, 0.29) is 16.4 Å². The van der Waals surface area contributed by atoms with Crippen LogP contribution in [0.25, 0.3) is 0 Å². The van der Waals surface area contributed by atoms with Crippen molar-refractivity contribution in [1.29, 1.82) is 0 Å². The largest absolute Gasteiger partial charge is 0.452 e. The van der Waals surface area contributed by atoms with Crippen LogP contribution in [0, 0.1) is 10.1 Å². The van der Waals surface area contributed by atoms with Crippen LogP contribution in [0.2, 0.25) is 5.02 Å². The van der Waals surface area contributed by atoms with Crippen molar-refractivity contribution in [2.75, 3.05) is 11.9 Å². The van der Waals surface area contributed by atoms with Crippen LogP contribution in [0.1, 0.15) is 10.4 Å². The van der Waals surface area contributed by atoms with E-state index in [9.17, 15) is 19.7 Å². The minimum atomic E-state index is -1.02. The second-order valence-electron chi connectivity index (χ2n) is 3.93. The summed E-state index contributed by atoms with van der Waals surface area (Å²) in [4.78, 5) is 33.4. The molecule has 0 aliphatic heterocycles. The Morgan fingerprint density at radius 2 is 2.18 bits per heavy atom. The van der Waals surface area contributed by atoms with E-state index in [0.717, 1.165) is 12.1 Å². The summed E-state index contributed by atoms with van der Waals surface area (Å²) in [5.41, 5.74) is -0.807. The van der Waals surface area contributed by atoms with Gasteiger partial charge in [-0.3, -0.25) is 14.9 Å². The molecule has 114 valence electrons. The van der Waals surface area contributed by atoms with Crippen molar-refractivity contribution in [3.8, 4) is 0 Å². The standard InChI is InChI=1S/C12H8ClN3O6/c13-7-1-2-8(9(5-7)16(19)20)12(18)21-6-11(17)14-10-3-4-22-15-10/h1-5H,6H2,(H,14,15,17). The summed E-state index contributed by atoms with van der Waals surface area (Å²) in [6.45, 7) is -0.633. The number of rotatable bonds is 5. The van der Waals surface area contributed by atoms with E-state index in [1.807, 2.05) is 0 Å². The number of nitrogens with zero attached hydrogens (tertiary/aromatic N) is 2. The Labute approximate surface area is 127 Å². The second-order valence-corrected chi connectivity index (χ2v) is 4.36. The Hall–Kier alpha value is -2.94. The fourth-order valence-corrected chi connectivity index (χ4v) is 1.66. The van der Waals surface area contributed by atoms with Crippen molar-refractivity contribution in [1.82, 2.24) is 5.16 Å². The first-order valence-electron chi connectivity index (χ1n) is 5.78. The number of hydrogen-bond donors (Lipinski definition) is 1. The molecule has 0 atom stereocenters. The third kappa shape index (κ3) is 3.79. The van der Waals surface area contributed by atoms with Gasteiger partial charge in [-0.15, -0.1) is 0 Å². The Kier molecular flexibility index (Phi) is 4.69. The van der Waals surface area contributed by atoms with E-state index in [1.165, 1.54) is 18.4 Å². The van der Waals surface area contributed by atoms with Crippen LogP contribution in [-0.4, -0.2) is 28.6 Å². The number of ether oxygens (including phenoxy) is 1. The van der Waals surface area contributed by atoms with Gasteiger partial charge >= 0.3 is 5.97 Å². The number of carbonyl (C=O) groups is 2. The van der Waals surface area contributed by atoms with Crippen molar-refractivity contribution >= 4 is 35.0 Å². The minimum absolute atomic E-state index is 0.104. The number of nitro groups is 1. The Balaban J connectivity index is 2.00. The number of carbonyl (C=O) groups excluding carboxylic acids is 2. The first kappa shape index (κ1) is 15.4. The Bertz CT molecular complexity index is 716. The van der Waals surface area contributed by atoms with Crippen molar-refractivity contribution in [2.45, 2.75) is 0 Å². The smallest absolute Gasteiger partial charge is 0.345 e. The molecule has 0 aliphatic carbocycles. The van der Waals surface area contributed by atoms with E-state index < -0.39 is 29.1 Å². The monoisotopic (exact) mass is 325 g/mol. The highest BCUT2D eigenvalue weighted by molar-refractivity contribution is 6.31. The normalized spacial score (nSPS) is 10.0. The maximum Gasteiger partial charge on any atom is 0.345 e. The average Bonchev–Trinajstić information content (AvgIpc) is 2.97. The van der Waals surface area contributed by atoms with Crippen LogP contribution < -0.4 is 5.32 Å². The lowest BCUT2D eigenvalue weighted by Gasteiger charge is -2.05. The molecule has 2 aromatic rings. The zero-order chi connectivity index (χ0) is 16.1. The van der Waals surface area contributed by atoms with Gasteiger partial charge in [-0.2, -0.15) is 0 Å². The molecule has 1 N–H and O–H groups in total. The molecule has 2 rings (SSSR count). The third-order valence-electron chi connectivity index (χ3n) is 2.42. The van der Waals surface area contributed by atoms with E-state index in [2.05, 4.69) is 15.0 Å². The molecule has 1 amide bonds. The molecule has 1 heterocycles. The van der Waals surface area contributed by atoms with Gasteiger partial charge in [0.25, 0.3) is 11.6 Å². The molecule has 9 nitrogen and oxygen atoms in total. The molecule has 1 aromatic carbocycles. The lowest BCUT2D eigenvalue weighted by Crippen LogP contribution is -2.21. The number of halogens is 1.